The second-order valence-electron chi connectivity index (χ2n) is 2.73. The summed E-state index contributed by atoms with van der Waals surface area (Å²) in [5, 5.41) is 1.69. The van der Waals surface area contributed by atoms with E-state index < -0.39 is 17.1 Å². The zero-order chi connectivity index (χ0) is 10.7. The molecule has 1 atom stereocenters. The van der Waals surface area contributed by atoms with Crippen molar-refractivity contribution in [3.05, 3.63) is 28.5 Å². The molecule has 1 aromatic rings. The monoisotopic (exact) mass is 279 g/mol. The van der Waals surface area contributed by atoms with Crippen LogP contribution in [-0.4, -0.2) is 11.3 Å². The maximum absolute atomic E-state index is 13.2. The third-order valence-electron chi connectivity index (χ3n) is 1.55. The number of nitrogens with one attached hydrogen (secondary N) is 1. The Kier molecular flexibility index (Phi) is 3.89. The van der Waals surface area contributed by atoms with Crippen molar-refractivity contribution in [2.45, 2.75) is 12.3 Å². The van der Waals surface area contributed by atoms with Crippen LogP contribution in [-0.2, 0) is 4.79 Å². The lowest BCUT2D eigenvalue weighted by molar-refractivity contribution is -0.115. The van der Waals surface area contributed by atoms with Gasteiger partial charge in [-0.3, -0.25) is 4.79 Å². The molecule has 76 valence electrons. The molecule has 0 heterocycles. The highest BCUT2D eigenvalue weighted by molar-refractivity contribution is 9.10. The molecule has 0 fully saturated rings. The Morgan fingerprint density at radius 1 is 1.64 bits per heavy atom. The molecule has 0 unspecified atom stereocenters. The van der Waals surface area contributed by atoms with Gasteiger partial charge in [-0.15, -0.1) is 11.6 Å². The molecule has 0 radical (unpaired) electrons. The summed E-state index contributed by atoms with van der Waals surface area (Å²) >= 11 is 8.63. The molecule has 0 aromatic heterocycles. The average Bonchev–Trinajstić information content (AvgIpc) is 2.09. The predicted molar refractivity (Wildman–Crippen MR) is 58.0 cm³/mol. The third-order valence-corrected chi connectivity index (χ3v) is 2.24. The molecule has 0 saturated heterocycles. The fraction of sp³-hybridized carbons (Fsp3) is 0.222. The number of halogens is 3. The van der Waals surface area contributed by atoms with E-state index in [9.17, 15) is 9.18 Å². The molecule has 0 bridgehead atoms. The first-order valence-corrected chi connectivity index (χ1v) is 5.13. The summed E-state index contributed by atoms with van der Waals surface area (Å²) in [5.41, 5.74) is 0.130. The zero-order valence-electron chi connectivity index (χ0n) is 7.35. The molecular weight excluding hydrogens is 272 g/mol. The van der Waals surface area contributed by atoms with Gasteiger partial charge in [-0.25, -0.2) is 4.39 Å². The number of anilines is 1. The van der Waals surface area contributed by atoms with E-state index in [1.807, 2.05) is 0 Å². The summed E-state index contributed by atoms with van der Waals surface area (Å²) in [6.45, 7) is 1.52. The molecule has 0 spiro atoms. The van der Waals surface area contributed by atoms with Crippen LogP contribution >= 0.6 is 27.5 Å². The molecule has 1 N–H and O–H groups in total. The first kappa shape index (κ1) is 11.5. The summed E-state index contributed by atoms with van der Waals surface area (Å²) in [5.74, 6) is -0.919. The van der Waals surface area contributed by atoms with Gasteiger partial charge in [-0.2, -0.15) is 0 Å². The van der Waals surface area contributed by atoms with Gasteiger partial charge in [0, 0.05) is 4.47 Å². The van der Waals surface area contributed by atoms with Gasteiger partial charge in [0.1, 0.15) is 11.2 Å². The van der Waals surface area contributed by atoms with Crippen LogP contribution in [0, 0.1) is 5.82 Å². The van der Waals surface area contributed by atoms with Crippen molar-refractivity contribution < 1.29 is 9.18 Å². The Hall–Kier alpha value is -0.610. The van der Waals surface area contributed by atoms with Gasteiger partial charge in [-0.05, 0) is 25.1 Å². The van der Waals surface area contributed by atoms with Crippen molar-refractivity contribution in [1.29, 1.82) is 0 Å². The van der Waals surface area contributed by atoms with Gasteiger partial charge in [0.05, 0.1) is 5.69 Å². The Balaban J connectivity index is 2.82. The summed E-state index contributed by atoms with van der Waals surface area (Å²) in [6, 6.07) is 4.38. The van der Waals surface area contributed by atoms with Crippen LogP contribution < -0.4 is 5.32 Å². The molecule has 0 saturated carbocycles. The van der Waals surface area contributed by atoms with Gasteiger partial charge in [-0.1, -0.05) is 15.9 Å². The van der Waals surface area contributed by atoms with E-state index >= 15 is 0 Å². The highest BCUT2D eigenvalue weighted by Crippen LogP contribution is 2.19. The molecule has 0 aliphatic rings. The molecule has 1 amide bonds. The van der Waals surface area contributed by atoms with Gasteiger partial charge in [0.2, 0.25) is 5.91 Å². The number of alkyl halides is 1. The summed E-state index contributed by atoms with van der Waals surface area (Å²) in [6.07, 6.45) is 0. The van der Waals surface area contributed by atoms with Crippen LogP contribution in [0.1, 0.15) is 6.92 Å². The van der Waals surface area contributed by atoms with Gasteiger partial charge >= 0.3 is 0 Å². The fourth-order valence-corrected chi connectivity index (χ4v) is 1.21. The maximum Gasteiger partial charge on any atom is 0.242 e. The molecule has 1 aromatic carbocycles. The van der Waals surface area contributed by atoms with E-state index in [1.165, 1.54) is 19.1 Å². The molecular formula is C9H8BrClFNO. The van der Waals surface area contributed by atoms with Crippen molar-refractivity contribution in [2.24, 2.45) is 0 Å². The average molecular weight is 281 g/mol. The minimum atomic E-state index is -0.682. The first-order valence-electron chi connectivity index (χ1n) is 3.90. The van der Waals surface area contributed by atoms with E-state index in [0.717, 1.165) is 0 Å². The minimum absolute atomic E-state index is 0.130. The van der Waals surface area contributed by atoms with Crippen molar-refractivity contribution in [2.75, 3.05) is 5.32 Å². The molecule has 14 heavy (non-hydrogen) atoms. The van der Waals surface area contributed by atoms with Crippen LogP contribution in [0.5, 0.6) is 0 Å². The van der Waals surface area contributed by atoms with Crippen LogP contribution in [0.15, 0.2) is 22.7 Å². The Bertz CT molecular complexity index is 357. The Morgan fingerprint density at radius 2 is 2.29 bits per heavy atom. The minimum Gasteiger partial charge on any atom is -0.322 e. The highest BCUT2D eigenvalue weighted by Gasteiger charge is 2.11. The lowest BCUT2D eigenvalue weighted by atomic mass is 10.3. The first-order chi connectivity index (χ1) is 6.50. The molecule has 1 rings (SSSR count). The predicted octanol–water partition coefficient (Wildman–Crippen LogP) is 3.15. The largest absolute Gasteiger partial charge is 0.322 e. The van der Waals surface area contributed by atoms with E-state index in [0.29, 0.717) is 4.47 Å². The summed E-state index contributed by atoms with van der Waals surface area (Å²) in [7, 11) is 0. The van der Waals surface area contributed by atoms with Gasteiger partial charge < -0.3 is 5.32 Å². The third kappa shape index (κ3) is 2.96. The normalized spacial score (nSPS) is 12.3. The number of carbonyl (C=O) groups is 1. The van der Waals surface area contributed by atoms with Crippen molar-refractivity contribution in [3.8, 4) is 0 Å². The van der Waals surface area contributed by atoms with Crippen LogP contribution in [0.2, 0.25) is 0 Å². The second-order valence-corrected chi connectivity index (χ2v) is 4.30. The lowest BCUT2D eigenvalue weighted by Gasteiger charge is -2.07. The topological polar surface area (TPSA) is 29.1 Å². The van der Waals surface area contributed by atoms with E-state index in [4.69, 9.17) is 11.6 Å². The second kappa shape index (κ2) is 4.75. The molecule has 2 nitrogen and oxygen atoms in total. The number of amides is 1. The number of hydrogen-bond acceptors (Lipinski definition) is 1. The lowest BCUT2D eigenvalue weighted by Crippen LogP contribution is -2.20. The summed E-state index contributed by atoms with van der Waals surface area (Å²) in [4.78, 5) is 11.1. The van der Waals surface area contributed by atoms with Crippen molar-refractivity contribution in [1.82, 2.24) is 0 Å². The summed E-state index contributed by atoms with van der Waals surface area (Å²) < 4.78 is 13.8. The fourth-order valence-electron chi connectivity index (χ4n) is 0.823. The number of rotatable bonds is 2. The van der Waals surface area contributed by atoms with Gasteiger partial charge in [0.25, 0.3) is 0 Å². The number of hydrogen-bond donors (Lipinski definition) is 1. The molecule has 0 aliphatic heterocycles. The smallest absolute Gasteiger partial charge is 0.242 e. The molecule has 0 aliphatic carbocycles. The Morgan fingerprint density at radius 3 is 2.79 bits per heavy atom. The zero-order valence-corrected chi connectivity index (χ0v) is 9.69. The van der Waals surface area contributed by atoms with E-state index in [1.54, 1.807) is 6.07 Å². The Labute approximate surface area is 94.6 Å². The van der Waals surface area contributed by atoms with Crippen molar-refractivity contribution in [3.63, 3.8) is 0 Å². The quantitative estimate of drug-likeness (QED) is 0.829. The highest BCUT2D eigenvalue weighted by atomic mass is 79.9. The number of carbonyl (C=O) groups excluding carboxylic acids is 1. The van der Waals surface area contributed by atoms with E-state index in [-0.39, 0.29) is 5.69 Å². The standard InChI is InChI=1S/C9H8BrClFNO/c1-5(11)9(14)13-8-3-2-6(10)4-7(8)12/h2-5H,1H3,(H,13,14)/t5-/m0/s1. The van der Waals surface area contributed by atoms with Crippen LogP contribution in [0.3, 0.4) is 0 Å². The van der Waals surface area contributed by atoms with E-state index in [2.05, 4.69) is 21.2 Å². The SMILES string of the molecule is C[C@H](Cl)C(=O)Nc1ccc(Br)cc1F. The van der Waals surface area contributed by atoms with Crippen LogP contribution in [0.4, 0.5) is 10.1 Å². The molecule has 5 heteroatoms. The number of benzene rings is 1. The van der Waals surface area contributed by atoms with Gasteiger partial charge in [0.15, 0.2) is 0 Å². The maximum atomic E-state index is 13.2. The van der Waals surface area contributed by atoms with Crippen molar-refractivity contribution >= 4 is 39.1 Å². The van der Waals surface area contributed by atoms with Crippen LogP contribution in [0.25, 0.3) is 0 Å².